The SMILES string of the molecule is CC[C@@H](CN)CC(C)C.O=C=O. The molecule has 0 spiro atoms. The predicted molar refractivity (Wildman–Crippen MR) is 47.3 cm³/mol. The highest BCUT2D eigenvalue weighted by molar-refractivity contribution is 5.20. The minimum absolute atomic E-state index is 0.250. The molecule has 0 fully saturated rings. The minimum Gasteiger partial charge on any atom is -0.330 e. The molecule has 0 aliphatic rings. The molecule has 0 heterocycles. The fourth-order valence-corrected chi connectivity index (χ4v) is 1.10. The van der Waals surface area contributed by atoms with Crippen LogP contribution in [0.5, 0.6) is 0 Å². The molecule has 0 saturated carbocycles. The first kappa shape index (κ1) is 13.9. The Hall–Kier alpha value is -0.660. The standard InChI is InChI=1S/C8H19N.CO2/c1-4-8(6-9)5-7(2)3;2-1-3/h7-8H,4-6,9H2,1-3H3;/t8-;/m1./s1. The zero-order chi connectivity index (χ0) is 9.98. The van der Waals surface area contributed by atoms with E-state index in [-0.39, 0.29) is 6.15 Å². The number of nitrogens with two attached hydrogens (primary N) is 1. The first-order chi connectivity index (χ1) is 5.62. The van der Waals surface area contributed by atoms with Crippen molar-refractivity contribution in [1.29, 1.82) is 0 Å². The lowest BCUT2D eigenvalue weighted by Crippen LogP contribution is -2.15. The maximum atomic E-state index is 8.12. The van der Waals surface area contributed by atoms with Gasteiger partial charge in [0.15, 0.2) is 0 Å². The maximum absolute atomic E-state index is 8.12. The third kappa shape index (κ3) is 12.1. The fraction of sp³-hybridized carbons (Fsp3) is 0.889. The predicted octanol–water partition coefficient (Wildman–Crippen LogP) is 1.43. The molecule has 12 heavy (non-hydrogen) atoms. The van der Waals surface area contributed by atoms with Crippen molar-refractivity contribution < 1.29 is 9.59 Å². The maximum Gasteiger partial charge on any atom is 0.373 e. The van der Waals surface area contributed by atoms with Gasteiger partial charge < -0.3 is 5.73 Å². The van der Waals surface area contributed by atoms with Crippen LogP contribution in [0.3, 0.4) is 0 Å². The van der Waals surface area contributed by atoms with Crippen LogP contribution in [-0.4, -0.2) is 12.7 Å². The van der Waals surface area contributed by atoms with Gasteiger partial charge in [-0.05, 0) is 24.8 Å². The highest BCUT2D eigenvalue weighted by Crippen LogP contribution is 2.12. The second-order valence-corrected chi connectivity index (χ2v) is 3.22. The zero-order valence-corrected chi connectivity index (χ0v) is 8.17. The summed E-state index contributed by atoms with van der Waals surface area (Å²) in [6.07, 6.45) is 2.77. The lowest BCUT2D eigenvalue weighted by atomic mass is 9.95. The van der Waals surface area contributed by atoms with Gasteiger partial charge in [-0.2, -0.15) is 9.59 Å². The van der Waals surface area contributed by atoms with Crippen LogP contribution in [0.15, 0.2) is 0 Å². The van der Waals surface area contributed by atoms with E-state index in [1.807, 2.05) is 0 Å². The molecular formula is C9H19NO2. The van der Waals surface area contributed by atoms with E-state index in [9.17, 15) is 0 Å². The fourth-order valence-electron chi connectivity index (χ4n) is 1.10. The van der Waals surface area contributed by atoms with Crippen molar-refractivity contribution in [3.05, 3.63) is 0 Å². The molecule has 0 aliphatic carbocycles. The van der Waals surface area contributed by atoms with Gasteiger partial charge in [-0.1, -0.05) is 27.2 Å². The van der Waals surface area contributed by atoms with Gasteiger partial charge in [0.2, 0.25) is 0 Å². The topological polar surface area (TPSA) is 60.2 Å². The average Bonchev–Trinajstić information content (AvgIpc) is 2.01. The second kappa shape index (κ2) is 10.3. The van der Waals surface area contributed by atoms with Crippen molar-refractivity contribution in [2.45, 2.75) is 33.6 Å². The van der Waals surface area contributed by atoms with E-state index < -0.39 is 0 Å². The number of hydrogen-bond donors (Lipinski definition) is 1. The van der Waals surface area contributed by atoms with Crippen LogP contribution < -0.4 is 5.73 Å². The van der Waals surface area contributed by atoms with Gasteiger partial charge in [0.25, 0.3) is 0 Å². The normalized spacial score (nSPS) is 11.4. The molecule has 0 aliphatic heterocycles. The molecule has 1 atom stereocenters. The Balaban J connectivity index is 0. The Morgan fingerprint density at radius 3 is 1.83 bits per heavy atom. The van der Waals surface area contributed by atoms with Crippen molar-refractivity contribution in [1.82, 2.24) is 0 Å². The zero-order valence-electron chi connectivity index (χ0n) is 8.17. The lowest BCUT2D eigenvalue weighted by molar-refractivity contribution is -0.191. The number of rotatable bonds is 4. The average molecular weight is 173 g/mol. The largest absolute Gasteiger partial charge is 0.373 e. The van der Waals surface area contributed by atoms with Crippen LogP contribution in [-0.2, 0) is 9.59 Å². The van der Waals surface area contributed by atoms with Gasteiger partial charge in [-0.15, -0.1) is 0 Å². The molecule has 0 amide bonds. The summed E-state index contributed by atoms with van der Waals surface area (Å²) >= 11 is 0. The van der Waals surface area contributed by atoms with Crippen LogP contribution in [0.2, 0.25) is 0 Å². The quantitative estimate of drug-likeness (QED) is 0.699. The molecule has 2 N–H and O–H groups in total. The monoisotopic (exact) mass is 173 g/mol. The molecule has 72 valence electrons. The molecule has 0 rings (SSSR count). The van der Waals surface area contributed by atoms with Crippen molar-refractivity contribution in [3.8, 4) is 0 Å². The van der Waals surface area contributed by atoms with Gasteiger partial charge in [-0.3, -0.25) is 0 Å². The molecule has 0 aromatic carbocycles. The summed E-state index contributed by atoms with van der Waals surface area (Å²) in [6, 6.07) is 0. The van der Waals surface area contributed by atoms with Gasteiger partial charge in [0.1, 0.15) is 0 Å². The lowest BCUT2D eigenvalue weighted by Gasteiger charge is -2.13. The first-order valence-electron chi connectivity index (χ1n) is 4.31. The van der Waals surface area contributed by atoms with Crippen LogP contribution in [0.25, 0.3) is 0 Å². The Morgan fingerprint density at radius 2 is 1.75 bits per heavy atom. The van der Waals surface area contributed by atoms with E-state index in [0.717, 1.165) is 18.4 Å². The Labute approximate surface area is 74.3 Å². The van der Waals surface area contributed by atoms with Crippen LogP contribution >= 0.6 is 0 Å². The Kier molecular flexibility index (Phi) is 12.0. The highest BCUT2D eigenvalue weighted by Gasteiger charge is 2.04. The van der Waals surface area contributed by atoms with Crippen molar-refractivity contribution in [3.63, 3.8) is 0 Å². The van der Waals surface area contributed by atoms with Crippen LogP contribution in [0.4, 0.5) is 0 Å². The van der Waals surface area contributed by atoms with E-state index in [2.05, 4.69) is 20.8 Å². The molecule has 0 aromatic heterocycles. The third-order valence-electron chi connectivity index (χ3n) is 1.72. The van der Waals surface area contributed by atoms with E-state index in [4.69, 9.17) is 15.3 Å². The van der Waals surface area contributed by atoms with Gasteiger partial charge >= 0.3 is 6.15 Å². The molecule has 0 unspecified atom stereocenters. The van der Waals surface area contributed by atoms with E-state index in [1.165, 1.54) is 12.8 Å². The summed E-state index contributed by atoms with van der Waals surface area (Å²) in [5.74, 6) is 1.56. The van der Waals surface area contributed by atoms with Crippen molar-refractivity contribution >= 4 is 6.15 Å². The molecule has 0 aromatic rings. The summed E-state index contributed by atoms with van der Waals surface area (Å²) in [7, 11) is 0. The number of carbonyl (C=O) groups excluding carboxylic acids is 2. The van der Waals surface area contributed by atoms with Crippen LogP contribution in [0, 0.1) is 11.8 Å². The summed E-state index contributed by atoms with van der Waals surface area (Å²) in [5, 5.41) is 0. The minimum atomic E-state index is 0.250. The van der Waals surface area contributed by atoms with Gasteiger partial charge in [0, 0.05) is 0 Å². The molecule has 3 nitrogen and oxygen atoms in total. The van der Waals surface area contributed by atoms with E-state index in [0.29, 0.717) is 0 Å². The number of hydrogen-bond acceptors (Lipinski definition) is 3. The van der Waals surface area contributed by atoms with E-state index >= 15 is 0 Å². The second-order valence-electron chi connectivity index (χ2n) is 3.22. The van der Waals surface area contributed by atoms with Crippen molar-refractivity contribution in [2.24, 2.45) is 17.6 Å². The molecule has 0 radical (unpaired) electrons. The molecule has 3 heteroatoms. The summed E-state index contributed by atoms with van der Waals surface area (Å²) < 4.78 is 0. The summed E-state index contributed by atoms with van der Waals surface area (Å²) in [4.78, 5) is 16.2. The first-order valence-corrected chi connectivity index (χ1v) is 4.31. The van der Waals surface area contributed by atoms with E-state index in [1.54, 1.807) is 0 Å². The van der Waals surface area contributed by atoms with Gasteiger partial charge in [0.05, 0.1) is 0 Å². The molecule has 0 bridgehead atoms. The Bertz CT molecular complexity index is 114. The van der Waals surface area contributed by atoms with Gasteiger partial charge in [-0.25, -0.2) is 0 Å². The molecular weight excluding hydrogens is 154 g/mol. The van der Waals surface area contributed by atoms with Crippen LogP contribution in [0.1, 0.15) is 33.6 Å². The van der Waals surface area contributed by atoms with Crippen molar-refractivity contribution in [2.75, 3.05) is 6.54 Å². The highest BCUT2D eigenvalue weighted by atomic mass is 16.2. The Morgan fingerprint density at radius 1 is 1.33 bits per heavy atom. The summed E-state index contributed by atoms with van der Waals surface area (Å²) in [5.41, 5.74) is 5.53. The molecule has 0 saturated heterocycles. The smallest absolute Gasteiger partial charge is 0.330 e. The third-order valence-corrected chi connectivity index (χ3v) is 1.72. The summed E-state index contributed by atoms with van der Waals surface area (Å²) in [6.45, 7) is 7.56.